The van der Waals surface area contributed by atoms with Gasteiger partial charge in [0.1, 0.15) is 17.6 Å². The van der Waals surface area contributed by atoms with Crippen LogP contribution in [0.1, 0.15) is 40.1 Å². The van der Waals surface area contributed by atoms with E-state index in [9.17, 15) is 19.1 Å². The second-order valence-corrected chi connectivity index (χ2v) is 6.75. The average Bonchev–Trinajstić information content (AvgIpc) is 2.75. The van der Waals surface area contributed by atoms with Crippen LogP contribution in [0.4, 0.5) is 4.39 Å². The molecule has 0 radical (unpaired) electrons. The van der Waals surface area contributed by atoms with Crippen LogP contribution in [0, 0.1) is 5.82 Å². The molecule has 1 aliphatic rings. The van der Waals surface area contributed by atoms with Gasteiger partial charge in [-0.1, -0.05) is 12.1 Å². The predicted molar refractivity (Wildman–Crippen MR) is 102 cm³/mol. The van der Waals surface area contributed by atoms with Crippen molar-refractivity contribution >= 4 is 11.8 Å². The summed E-state index contributed by atoms with van der Waals surface area (Å²) in [5, 5.41) is 15.1. The first kappa shape index (κ1) is 20.8. The number of nitrogens with zero attached hydrogens (tertiary/aromatic N) is 2. The molecule has 0 aliphatic carbocycles. The molecule has 1 aromatic heterocycles. The lowest BCUT2D eigenvalue weighted by Gasteiger charge is -2.36. The molecule has 2 amide bonds. The summed E-state index contributed by atoms with van der Waals surface area (Å²) in [6, 6.07) is 5.44. The van der Waals surface area contributed by atoms with Gasteiger partial charge in [0.25, 0.3) is 11.8 Å². The second kappa shape index (κ2) is 10.0. The molecule has 3 N–H and O–H groups in total. The Labute approximate surface area is 167 Å². The molecule has 1 fully saturated rings. The first-order valence-electron chi connectivity index (χ1n) is 9.44. The van der Waals surface area contributed by atoms with Gasteiger partial charge in [-0.15, -0.1) is 0 Å². The molecule has 3 atom stereocenters. The molecule has 1 aromatic carbocycles. The van der Waals surface area contributed by atoms with Crippen LogP contribution < -0.4 is 10.6 Å². The minimum atomic E-state index is -0.569. The number of aliphatic hydroxyl groups excluding tert-OH is 1. The van der Waals surface area contributed by atoms with E-state index in [0.29, 0.717) is 25.8 Å². The third kappa shape index (κ3) is 5.55. The van der Waals surface area contributed by atoms with Gasteiger partial charge in [0.05, 0.1) is 30.5 Å². The fourth-order valence-corrected chi connectivity index (χ4v) is 3.26. The van der Waals surface area contributed by atoms with E-state index in [1.807, 2.05) is 0 Å². The van der Waals surface area contributed by atoms with Crippen molar-refractivity contribution in [3.8, 4) is 0 Å². The molecule has 2 aromatic rings. The highest BCUT2D eigenvalue weighted by Gasteiger charge is 2.32. The Hall–Kier alpha value is -2.91. The number of aliphatic hydroxyl groups is 1. The largest absolute Gasteiger partial charge is 0.394 e. The van der Waals surface area contributed by atoms with Gasteiger partial charge in [-0.05, 0) is 31.4 Å². The molecule has 3 rings (SSSR count). The average molecular weight is 402 g/mol. The lowest BCUT2D eigenvalue weighted by atomic mass is 9.97. The number of benzene rings is 1. The summed E-state index contributed by atoms with van der Waals surface area (Å²) in [6.07, 6.45) is 5.32. The van der Waals surface area contributed by atoms with Crippen molar-refractivity contribution in [3.05, 3.63) is 59.9 Å². The minimum Gasteiger partial charge on any atom is -0.394 e. The Kier molecular flexibility index (Phi) is 7.20. The van der Waals surface area contributed by atoms with Crippen LogP contribution in [0.5, 0.6) is 0 Å². The second-order valence-electron chi connectivity index (χ2n) is 6.75. The molecular formula is C20H23FN4O4. The zero-order chi connectivity index (χ0) is 20.6. The van der Waals surface area contributed by atoms with E-state index in [0.717, 1.165) is 0 Å². The quantitative estimate of drug-likeness (QED) is 0.639. The molecule has 0 spiro atoms. The summed E-state index contributed by atoms with van der Waals surface area (Å²) >= 11 is 0. The number of halogens is 1. The zero-order valence-corrected chi connectivity index (χ0v) is 15.8. The summed E-state index contributed by atoms with van der Waals surface area (Å²) in [7, 11) is 0. The summed E-state index contributed by atoms with van der Waals surface area (Å²) in [5.41, 5.74) is 0.194. The van der Waals surface area contributed by atoms with E-state index >= 15 is 0 Å². The van der Waals surface area contributed by atoms with Crippen molar-refractivity contribution in [1.29, 1.82) is 0 Å². The van der Waals surface area contributed by atoms with Gasteiger partial charge in [0.2, 0.25) is 0 Å². The van der Waals surface area contributed by atoms with Crippen LogP contribution in [0.3, 0.4) is 0 Å². The molecule has 29 heavy (non-hydrogen) atoms. The fraction of sp³-hybridized carbons (Fsp3) is 0.400. The van der Waals surface area contributed by atoms with Crippen molar-refractivity contribution < 1.29 is 23.8 Å². The van der Waals surface area contributed by atoms with Crippen LogP contribution in [0.15, 0.2) is 42.9 Å². The summed E-state index contributed by atoms with van der Waals surface area (Å²) in [4.78, 5) is 32.1. The molecule has 154 valence electrons. The Morgan fingerprint density at radius 3 is 2.76 bits per heavy atom. The van der Waals surface area contributed by atoms with Gasteiger partial charge in [-0.25, -0.2) is 9.37 Å². The van der Waals surface area contributed by atoms with Gasteiger partial charge in [0.15, 0.2) is 0 Å². The predicted octanol–water partition coefficient (Wildman–Crippen LogP) is 1.07. The molecule has 0 saturated carbocycles. The molecule has 9 heteroatoms. The van der Waals surface area contributed by atoms with E-state index in [1.165, 1.54) is 36.8 Å². The number of hydrogen-bond donors (Lipinski definition) is 3. The summed E-state index contributed by atoms with van der Waals surface area (Å²) in [6.45, 7) is 0.0656. The van der Waals surface area contributed by atoms with E-state index in [1.54, 1.807) is 6.07 Å². The van der Waals surface area contributed by atoms with Crippen molar-refractivity contribution in [1.82, 2.24) is 20.6 Å². The van der Waals surface area contributed by atoms with Crippen LogP contribution in [0.2, 0.25) is 0 Å². The molecule has 2 heterocycles. The van der Waals surface area contributed by atoms with E-state index in [4.69, 9.17) is 4.74 Å². The van der Waals surface area contributed by atoms with Gasteiger partial charge < -0.3 is 20.5 Å². The van der Waals surface area contributed by atoms with Crippen molar-refractivity contribution in [2.24, 2.45) is 0 Å². The number of carbonyl (C=O) groups excluding carboxylic acids is 2. The smallest absolute Gasteiger partial charge is 0.271 e. The number of aromatic nitrogens is 2. The Balaban J connectivity index is 1.46. The van der Waals surface area contributed by atoms with Crippen molar-refractivity contribution in [3.63, 3.8) is 0 Å². The maximum atomic E-state index is 13.6. The number of nitrogens with one attached hydrogen (secondary N) is 2. The standard InChI is InChI=1S/C20H23FN4O4/c21-15-4-2-1-3-14(15)19(27)24-8-7-13-5-6-16(18(12-26)29-13)25-20(28)17-11-22-9-10-23-17/h1-4,9-11,13,16,18,26H,5-8,12H2,(H,24,27)(H,25,28)/t13-,16-,18+/m0/s1. The molecule has 8 nitrogen and oxygen atoms in total. The maximum Gasteiger partial charge on any atom is 0.271 e. The van der Waals surface area contributed by atoms with E-state index in [-0.39, 0.29) is 35.9 Å². The monoisotopic (exact) mass is 402 g/mol. The van der Waals surface area contributed by atoms with Crippen LogP contribution in [0.25, 0.3) is 0 Å². The van der Waals surface area contributed by atoms with E-state index < -0.39 is 17.8 Å². The number of ether oxygens (including phenoxy) is 1. The third-order valence-corrected chi connectivity index (χ3v) is 4.78. The highest BCUT2D eigenvalue weighted by molar-refractivity contribution is 5.94. The van der Waals surface area contributed by atoms with Gasteiger partial charge in [-0.2, -0.15) is 0 Å². The van der Waals surface area contributed by atoms with Crippen LogP contribution in [-0.2, 0) is 4.74 Å². The van der Waals surface area contributed by atoms with E-state index in [2.05, 4.69) is 20.6 Å². The first-order chi connectivity index (χ1) is 14.1. The number of carbonyl (C=O) groups is 2. The highest BCUT2D eigenvalue weighted by atomic mass is 19.1. The normalized spacial score (nSPS) is 21.4. The lowest BCUT2D eigenvalue weighted by Crippen LogP contribution is -2.51. The van der Waals surface area contributed by atoms with Gasteiger partial charge in [0, 0.05) is 18.9 Å². The third-order valence-electron chi connectivity index (χ3n) is 4.78. The van der Waals surface area contributed by atoms with Crippen molar-refractivity contribution in [2.75, 3.05) is 13.2 Å². The molecule has 0 bridgehead atoms. The Morgan fingerprint density at radius 1 is 1.21 bits per heavy atom. The Bertz CT molecular complexity index is 836. The molecule has 1 saturated heterocycles. The maximum absolute atomic E-state index is 13.6. The first-order valence-corrected chi connectivity index (χ1v) is 9.44. The highest BCUT2D eigenvalue weighted by Crippen LogP contribution is 2.22. The fourth-order valence-electron chi connectivity index (χ4n) is 3.26. The van der Waals surface area contributed by atoms with Crippen LogP contribution in [-0.4, -0.2) is 58.3 Å². The Morgan fingerprint density at radius 2 is 2.03 bits per heavy atom. The number of rotatable bonds is 7. The molecular weight excluding hydrogens is 379 g/mol. The topological polar surface area (TPSA) is 113 Å². The lowest BCUT2D eigenvalue weighted by molar-refractivity contribution is -0.0893. The summed E-state index contributed by atoms with van der Waals surface area (Å²) in [5.74, 6) is -1.42. The van der Waals surface area contributed by atoms with Gasteiger partial charge in [-0.3, -0.25) is 14.6 Å². The SMILES string of the molecule is O=C(N[C@H]1CC[C@@H](CCNC(=O)c2ccccc2F)O[C@@H]1CO)c1cnccn1. The number of hydrogen-bond acceptors (Lipinski definition) is 6. The number of amides is 2. The molecule has 1 aliphatic heterocycles. The van der Waals surface area contributed by atoms with Crippen LogP contribution >= 0.6 is 0 Å². The van der Waals surface area contributed by atoms with Gasteiger partial charge >= 0.3 is 0 Å². The summed E-state index contributed by atoms with van der Waals surface area (Å²) < 4.78 is 19.5. The zero-order valence-electron chi connectivity index (χ0n) is 15.8. The van der Waals surface area contributed by atoms with Crippen molar-refractivity contribution in [2.45, 2.75) is 37.5 Å². The molecule has 0 unspecified atom stereocenters. The minimum absolute atomic E-state index is 0.00270.